The lowest BCUT2D eigenvalue weighted by molar-refractivity contribution is 0.229. The van der Waals surface area contributed by atoms with Crippen LogP contribution in [0, 0.1) is 0 Å². The van der Waals surface area contributed by atoms with Gasteiger partial charge in [-0.3, -0.25) is 0 Å². The molecule has 0 aliphatic carbocycles. The fourth-order valence-corrected chi connectivity index (χ4v) is 2.17. The number of nitrogens with zero attached hydrogens (tertiary/aromatic N) is 1. The van der Waals surface area contributed by atoms with Gasteiger partial charge in [-0.15, -0.1) is 0 Å². The van der Waals surface area contributed by atoms with E-state index in [1.54, 1.807) is 49.7 Å². The van der Waals surface area contributed by atoms with Crippen molar-refractivity contribution in [1.82, 2.24) is 4.98 Å². The number of benzene rings is 1. The fraction of sp³-hybridized carbons (Fsp3) is 0.133. The molecule has 1 heterocycles. The molecule has 1 atom stereocenters. The zero-order chi connectivity index (χ0) is 14.5. The van der Waals surface area contributed by atoms with E-state index < -0.39 is 6.10 Å². The number of ether oxygens (including phenoxy) is 1. The highest BCUT2D eigenvalue weighted by Crippen LogP contribution is 2.23. The quantitative estimate of drug-likeness (QED) is 0.892. The Bertz CT molecular complexity index is 614. The molecule has 1 aromatic carbocycles. The molecule has 2 aromatic rings. The first-order chi connectivity index (χ1) is 9.60. The normalized spacial score (nSPS) is 12.6. The number of aromatic nitrogens is 1. The van der Waals surface area contributed by atoms with Crippen molar-refractivity contribution in [2.75, 3.05) is 7.11 Å². The summed E-state index contributed by atoms with van der Waals surface area (Å²) in [5, 5.41) is 10.7. The molecule has 0 saturated carbocycles. The van der Waals surface area contributed by atoms with Gasteiger partial charge in [0.25, 0.3) is 0 Å². The van der Waals surface area contributed by atoms with Gasteiger partial charge in [0.05, 0.1) is 13.2 Å². The molecule has 0 radical (unpaired) electrons. The van der Waals surface area contributed by atoms with Gasteiger partial charge in [-0.05, 0) is 39.7 Å². The van der Waals surface area contributed by atoms with Crippen molar-refractivity contribution in [3.63, 3.8) is 0 Å². The predicted molar refractivity (Wildman–Crippen MR) is 83.9 cm³/mol. The standard InChI is InChI=1S/C15H13BrClNO2/c1-20-15-11(8-12(16)9-18-15)4-7-14(19)10-2-5-13(17)6-3-10/h2-9,14,19H,1H3. The lowest BCUT2D eigenvalue weighted by Gasteiger charge is -2.07. The Balaban J connectivity index is 2.20. The molecule has 104 valence electrons. The van der Waals surface area contributed by atoms with Gasteiger partial charge in [0, 0.05) is 21.3 Å². The fourth-order valence-electron chi connectivity index (χ4n) is 1.70. The first-order valence-corrected chi connectivity index (χ1v) is 7.08. The molecule has 3 nitrogen and oxygen atoms in total. The summed E-state index contributed by atoms with van der Waals surface area (Å²) in [5.74, 6) is 0.507. The predicted octanol–water partition coefficient (Wildman–Crippen LogP) is 4.25. The van der Waals surface area contributed by atoms with Gasteiger partial charge < -0.3 is 9.84 Å². The number of hydrogen-bond donors (Lipinski definition) is 1. The molecule has 20 heavy (non-hydrogen) atoms. The smallest absolute Gasteiger partial charge is 0.220 e. The molecule has 0 saturated heterocycles. The van der Waals surface area contributed by atoms with Crippen LogP contribution in [0.2, 0.25) is 5.02 Å². The van der Waals surface area contributed by atoms with Gasteiger partial charge in [0.1, 0.15) is 0 Å². The minimum atomic E-state index is -0.712. The molecule has 0 bridgehead atoms. The lowest BCUT2D eigenvalue weighted by atomic mass is 10.1. The summed E-state index contributed by atoms with van der Waals surface area (Å²) in [4.78, 5) is 4.14. The second-order valence-corrected chi connectivity index (χ2v) is 5.46. The Labute approximate surface area is 131 Å². The van der Waals surface area contributed by atoms with E-state index in [2.05, 4.69) is 20.9 Å². The van der Waals surface area contributed by atoms with Crippen molar-refractivity contribution >= 4 is 33.6 Å². The van der Waals surface area contributed by atoms with Crippen molar-refractivity contribution in [3.8, 4) is 5.88 Å². The van der Waals surface area contributed by atoms with E-state index in [9.17, 15) is 5.11 Å². The summed E-state index contributed by atoms with van der Waals surface area (Å²) in [6.07, 6.45) is 4.40. The summed E-state index contributed by atoms with van der Waals surface area (Å²) in [7, 11) is 1.56. The molecule has 0 amide bonds. The van der Waals surface area contributed by atoms with Gasteiger partial charge in [0.15, 0.2) is 0 Å². The lowest BCUT2D eigenvalue weighted by Crippen LogP contribution is -1.94. The molecule has 2 rings (SSSR count). The van der Waals surface area contributed by atoms with Crippen LogP contribution < -0.4 is 4.74 Å². The van der Waals surface area contributed by atoms with Gasteiger partial charge in [-0.1, -0.05) is 35.9 Å². The minimum Gasteiger partial charge on any atom is -0.481 e. The van der Waals surface area contributed by atoms with Crippen LogP contribution in [-0.4, -0.2) is 17.2 Å². The number of pyridine rings is 1. The highest BCUT2D eigenvalue weighted by Gasteiger charge is 2.05. The monoisotopic (exact) mass is 353 g/mol. The number of halogens is 2. The van der Waals surface area contributed by atoms with Crippen molar-refractivity contribution in [2.45, 2.75) is 6.10 Å². The number of aliphatic hydroxyl groups is 1. The van der Waals surface area contributed by atoms with Gasteiger partial charge in [0.2, 0.25) is 5.88 Å². The summed E-state index contributed by atoms with van der Waals surface area (Å²) < 4.78 is 6.02. The summed E-state index contributed by atoms with van der Waals surface area (Å²) in [6, 6.07) is 8.93. The highest BCUT2D eigenvalue weighted by molar-refractivity contribution is 9.10. The molecule has 0 aliphatic rings. The number of aliphatic hydroxyl groups excluding tert-OH is 1. The Morgan fingerprint density at radius 1 is 1.35 bits per heavy atom. The largest absolute Gasteiger partial charge is 0.481 e. The molecule has 5 heteroatoms. The van der Waals surface area contributed by atoms with E-state index >= 15 is 0 Å². The third-order valence-electron chi connectivity index (χ3n) is 2.71. The first-order valence-electron chi connectivity index (χ1n) is 5.91. The molecule has 0 spiro atoms. The molecular weight excluding hydrogens is 342 g/mol. The van der Waals surface area contributed by atoms with Crippen LogP contribution in [0.3, 0.4) is 0 Å². The number of hydrogen-bond acceptors (Lipinski definition) is 3. The van der Waals surface area contributed by atoms with E-state index in [0.29, 0.717) is 10.9 Å². The van der Waals surface area contributed by atoms with Gasteiger partial charge in [-0.25, -0.2) is 4.98 Å². The second-order valence-electron chi connectivity index (χ2n) is 4.11. The molecule has 1 unspecified atom stereocenters. The number of rotatable bonds is 4. The zero-order valence-electron chi connectivity index (χ0n) is 10.8. The van der Waals surface area contributed by atoms with Gasteiger partial charge in [-0.2, -0.15) is 0 Å². The average Bonchev–Trinajstić information content (AvgIpc) is 2.45. The maximum Gasteiger partial charge on any atom is 0.220 e. The van der Waals surface area contributed by atoms with Crippen LogP contribution in [0.15, 0.2) is 47.1 Å². The maximum absolute atomic E-state index is 10.1. The second kappa shape index (κ2) is 6.88. The van der Waals surface area contributed by atoms with Crippen LogP contribution in [-0.2, 0) is 0 Å². The number of methoxy groups -OCH3 is 1. The first kappa shape index (κ1) is 15.0. The van der Waals surface area contributed by atoms with Crippen LogP contribution in [0.4, 0.5) is 0 Å². The van der Waals surface area contributed by atoms with Crippen molar-refractivity contribution in [3.05, 3.63) is 63.2 Å². The maximum atomic E-state index is 10.1. The molecule has 1 aromatic heterocycles. The van der Waals surface area contributed by atoms with Crippen molar-refractivity contribution in [2.24, 2.45) is 0 Å². The van der Waals surface area contributed by atoms with Crippen molar-refractivity contribution in [1.29, 1.82) is 0 Å². The molecular formula is C15H13BrClNO2. The molecule has 0 fully saturated rings. The Morgan fingerprint density at radius 3 is 2.70 bits per heavy atom. The Morgan fingerprint density at radius 2 is 2.05 bits per heavy atom. The van der Waals surface area contributed by atoms with Gasteiger partial charge >= 0.3 is 0 Å². The molecule has 1 N–H and O–H groups in total. The summed E-state index contributed by atoms with van der Waals surface area (Å²) in [5.41, 5.74) is 1.56. The summed E-state index contributed by atoms with van der Waals surface area (Å²) in [6.45, 7) is 0. The van der Waals surface area contributed by atoms with Crippen LogP contribution in [0.5, 0.6) is 5.88 Å². The summed E-state index contributed by atoms with van der Waals surface area (Å²) >= 11 is 9.17. The topological polar surface area (TPSA) is 42.4 Å². The zero-order valence-corrected chi connectivity index (χ0v) is 13.1. The van der Waals surface area contributed by atoms with E-state index in [1.165, 1.54) is 0 Å². The minimum absolute atomic E-state index is 0.507. The van der Waals surface area contributed by atoms with E-state index in [0.717, 1.165) is 15.6 Å². The van der Waals surface area contributed by atoms with Crippen molar-refractivity contribution < 1.29 is 9.84 Å². The Kier molecular flexibility index (Phi) is 5.17. The third kappa shape index (κ3) is 3.82. The highest BCUT2D eigenvalue weighted by atomic mass is 79.9. The SMILES string of the molecule is COc1ncc(Br)cc1C=CC(O)c1ccc(Cl)cc1. The molecule has 0 aliphatic heterocycles. The Hall–Kier alpha value is -1.36. The average molecular weight is 355 g/mol. The van der Waals surface area contributed by atoms with E-state index in [4.69, 9.17) is 16.3 Å². The van der Waals surface area contributed by atoms with E-state index in [-0.39, 0.29) is 0 Å². The van der Waals surface area contributed by atoms with E-state index in [1.807, 2.05) is 6.07 Å². The van der Waals surface area contributed by atoms with Crippen LogP contribution in [0.1, 0.15) is 17.2 Å². The third-order valence-corrected chi connectivity index (χ3v) is 3.39. The van der Waals surface area contributed by atoms with Crippen LogP contribution in [0.25, 0.3) is 6.08 Å². The van der Waals surface area contributed by atoms with Crippen LogP contribution >= 0.6 is 27.5 Å².